The molecule has 12 nitrogen and oxygen atoms in total. The van der Waals surface area contributed by atoms with Crippen molar-refractivity contribution in [2.75, 3.05) is 0 Å². The summed E-state index contributed by atoms with van der Waals surface area (Å²) in [5.41, 5.74) is -1.29. The maximum absolute atomic E-state index is 13.7. The molecule has 4 amide bonds. The van der Waals surface area contributed by atoms with Gasteiger partial charge in [-0.25, -0.2) is 4.79 Å². The van der Waals surface area contributed by atoms with E-state index < -0.39 is 59.2 Å². The highest BCUT2D eigenvalue weighted by Crippen LogP contribution is 2.36. The number of amides is 4. The van der Waals surface area contributed by atoms with Crippen LogP contribution in [0.1, 0.15) is 111 Å². The summed E-state index contributed by atoms with van der Waals surface area (Å²) in [7, 11) is 0. The summed E-state index contributed by atoms with van der Waals surface area (Å²) in [6, 6.07) is -2.85. The molecule has 238 valence electrons. The number of carbonyl (C=O) groups excluding carboxylic acids is 4. The van der Waals surface area contributed by atoms with Gasteiger partial charge in [-0.2, -0.15) is 0 Å². The van der Waals surface area contributed by atoms with Gasteiger partial charge in [0.2, 0.25) is 23.6 Å². The Hall–Kier alpha value is -3.18. The van der Waals surface area contributed by atoms with E-state index in [1.54, 1.807) is 0 Å². The van der Waals surface area contributed by atoms with Crippen LogP contribution in [-0.4, -0.2) is 69.4 Å². The lowest BCUT2D eigenvalue weighted by Gasteiger charge is -2.31. The van der Waals surface area contributed by atoms with Gasteiger partial charge in [0.25, 0.3) is 0 Å². The molecule has 6 N–H and O–H groups in total. The monoisotopic (exact) mass is 594 g/mol. The van der Waals surface area contributed by atoms with Crippen molar-refractivity contribution in [3.8, 4) is 0 Å². The van der Waals surface area contributed by atoms with Gasteiger partial charge < -0.3 is 31.5 Å². The highest BCUT2D eigenvalue weighted by molar-refractivity contribution is 5.96. The molecule has 4 atom stereocenters. The lowest BCUT2D eigenvalue weighted by molar-refractivity contribution is -0.143. The van der Waals surface area contributed by atoms with E-state index in [9.17, 15) is 33.9 Å². The molecule has 0 aromatic carbocycles. The molecule has 12 heteroatoms. The average Bonchev–Trinajstić information content (AvgIpc) is 3.71. The fraction of sp³-hybridized carbons (Fsp3) is 0.800. The SMILES string of the molecule is CC[C@H](C)[C@H](NC(=O)[C@H](CC(C)C)NC(=O)CCCC(=O)O)C(=O)N[C@@H](CC1CCCCC1)C(=O)NC1(C(=O)O)CC1. The van der Waals surface area contributed by atoms with Gasteiger partial charge in [-0.1, -0.05) is 66.2 Å². The Morgan fingerprint density at radius 3 is 1.98 bits per heavy atom. The Morgan fingerprint density at radius 2 is 1.45 bits per heavy atom. The summed E-state index contributed by atoms with van der Waals surface area (Å²) in [6.07, 6.45) is 6.92. The molecular weight excluding hydrogens is 544 g/mol. The summed E-state index contributed by atoms with van der Waals surface area (Å²) in [5, 5.41) is 29.4. The number of aliphatic carboxylic acids is 2. The minimum atomic E-state index is -1.29. The minimum Gasteiger partial charge on any atom is -0.481 e. The van der Waals surface area contributed by atoms with Gasteiger partial charge >= 0.3 is 11.9 Å². The van der Waals surface area contributed by atoms with E-state index in [0.29, 0.717) is 32.1 Å². The summed E-state index contributed by atoms with van der Waals surface area (Å²) in [6.45, 7) is 7.48. The first kappa shape index (κ1) is 35.0. The quantitative estimate of drug-likeness (QED) is 0.139. The number of rotatable bonds is 18. The van der Waals surface area contributed by atoms with Gasteiger partial charge in [0, 0.05) is 12.8 Å². The smallest absolute Gasteiger partial charge is 0.329 e. The first-order chi connectivity index (χ1) is 19.8. The number of carbonyl (C=O) groups is 6. The van der Waals surface area contributed by atoms with Crippen molar-refractivity contribution in [1.82, 2.24) is 21.3 Å². The van der Waals surface area contributed by atoms with Crippen LogP contribution in [0.25, 0.3) is 0 Å². The Balaban J connectivity index is 2.17. The van der Waals surface area contributed by atoms with Crippen LogP contribution in [-0.2, 0) is 28.8 Å². The third-order valence-corrected chi connectivity index (χ3v) is 8.40. The van der Waals surface area contributed by atoms with Gasteiger partial charge in [0.05, 0.1) is 0 Å². The van der Waals surface area contributed by atoms with Crippen LogP contribution in [0.3, 0.4) is 0 Å². The second kappa shape index (κ2) is 16.5. The summed E-state index contributed by atoms with van der Waals surface area (Å²) in [5.74, 6) is -4.19. The van der Waals surface area contributed by atoms with E-state index in [-0.39, 0.29) is 37.0 Å². The molecule has 0 aromatic rings. The predicted molar refractivity (Wildman–Crippen MR) is 155 cm³/mol. The maximum Gasteiger partial charge on any atom is 0.329 e. The van der Waals surface area contributed by atoms with Crippen LogP contribution in [0.2, 0.25) is 0 Å². The van der Waals surface area contributed by atoms with E-state index in [1.807, 2.05) is 27.7 Å². The second-order valence-electron chi connectivity index (χ2n) is 12.5. The average molecular weight is 595 g/mol. The van der Waals surface area contributed by atoms with Crippen LogP contribution in [0.15, 0.2) is 0 Å². The number of hydrogen-bond donors (Lipinski definition) is 6. The van der Waals surface area contributed by atoms with Crippen molar-refractivity contribution in [1.29, 1.82) is 0 Å². The van der Waals surface area contributed by atoms with Crippen molar-refractivity contribution >= 4 is 35.6 Å². The predicted octanol–water partition coefficient (Wildman–Crippen LogP) is 2.49. The Bertz CT molecular complexity index is 974. The Labute approximate surface area is 248 Å². The molecule has 2 rings (SSSR count). The molecule has 42 heavy (non-hydrogen) atoms. The van der Waals surface area contributed by atoms with Crippen molar-refractivity contribution < 1.29 is 39.0 Å². The minimum absolute atomic E-state index is 0.0424. The molecule has 0 aromatic heterocycles. The summed E-state index contributed by atoms with van der Waals surface area (Å²) >= 11 is 0. The lowest BCUT2D eigenvalue weighted by Crippen LogP contribution is -2.60. The molecule has 2 aliphatic rings. The topological polar surface area (TPSA) is 191 Å². The Kier molecular flexibility index (Phi) is 13.7. The molecule has 2 aliphatic carbocycles. The zero-order valence-electron chi connectivity index (χ0n) is 25.5. The molecular formula is C30H50N4O8. The van der Waals surface area contributed by atoms with Crippen LogP contribution in [0.4, 0.5) is 0 Å². The van der Waals surface area contributed by atoms with Crippen molar-refractivity contribution in [3.05, 3.63) is 0 Å². The third-order valence-electron chi connectivity index (χ3n) is 8.40. The van der Waals surface area contributed by atoms with Gasteiger partial charge in [-0.15, -0.1) is 0 Å². The molecule has 0 saturated heterocycles. The molecule has 0 unspecified atom stereocenters. The second-order valence-corrected chi connectivity index (χ2v) is 12.5. The van der Waals surface area contributed by atoms with E-state index in [4.69, 9.17) is 5.11 Å². The molecule has 2 fully saturated rings. The van der Waals surface area contributed by atoms with Crippen LogP contribution < -0.4 is 21.3 Å². The first-order valence-electron chi connectivity index (χ1n) is 15.4. The van der Waals surface area contributed by atoms with E-state index >= 15 is 0 Å². The number of nitrogens with one attached hydrogen (secondary N) is 4. The van der Waals surface area contributed by atoms with Crippen LogP contribution in [0, 0.1) is 17.8 Å². The first-order valence-corrected chi connectivity index (χ1v) is 15.4. The largest absolute Gasteiger partial charge is 0.481 e. The van der Waals surface area contributed by atoms with Gasteiger partial charge in [0.1, 0.15) is 23.7 Å². The van der Waals surface area contributed by atoms with Gasteiger partial charge in [-0.05, 0) is 49.9 Å². The van der Waals surface area contributed by atoms with E-state index in [1.165, 1.54) is 0 Å². The normalized spacial score (nSPS) is 19.1. The van der Waals surface area contributed by atoms with Crippen molar-refractivity contribution in [3.63, 3.8) is 0 Å². The summed E-state index contributed by atoms with van der Waals surface area (Å²) in [4.78, 5) is 75.3. The maximum atomic E-state index is 13.7. The van der Waals surface area contributed by atoms with Gasteiger partial charge in [0.15, 0.2) is 0 Å². The Morgan fingerprint density at radius 1 is 0.810 bits per heavy atom. The molecule has 0 aliphatic heterocycles. The third kappa shape index (κ3) is 11.2. The highest BCUT2D eigenvalue weighted by Gasteiger charge is 2.52. The molecule has 2 saturated carbocycles. The van der Waals surface area contributed by atoms with Crippen molar-refractivity contribution in [2.24, 2.45) is 17.8 Å². The fourth-order valence-corrected chi connectivity index (χ4v) is 5.41. The van der Waals surface area contributed by atoms with Crippen LogP contribution >= 0.6 is 0 Å². The number of carboxylic acid groups (broad SMARTS) is 2. The summed E-state index contributed by atoms with van der Waals surface area (Å²) < 4.78 is 0. The van der Waals surface area contributed by atoms with Crippen LogP contribution in [0.5, 0.6) is 0 Å². The van der Waals surface area contributed by atoms with Gasteiger partial charge in [-0.3, -0.25) is 24.0 Å². The molecule has 0 heterocycles. The van der Waals surface area contributed by atoms with E-state index in [2.05, 4.69) is 21.3 Å². The van der Waals surface area contributed by atoms with E-state index in [0.717, 1.165) is 32.1 Å². The molecule has 0 bridgehead atoms. The molecule has 0 radical (unpaired) electrons. The fourth-order valence-electron chi connectivity index (χ4n) is 5.41. The number of carboxylic acids is 2. The zero-order chi connectivity index (χ0) is 31.4. The highest BCUT2D eigenvalue weighted by atomic mass is 16.4. The number of hydrogen-bond acceptors (Lipinski definition) is 6. The standard InChI is InChI=1S/C30H50N4O8/c1-5-19(4)25(33-26(38)21(16-18(2)3)31-23(35)12-9-13-24(36)37)28(40)32-22(17-20-10-7-6-8-11-20)27(39)34-30(14-15-30)29(41)42/h18-22,25H,5-17H2,1-4H3,(H,31,35)(H,32,40)(H,33,38)(H,34,39)(H,36,37)(H,41,42)/t19-,21-,22-,25-/m0/s1. The lowest BCUT2D eigenvalue weighted by atomic mass is 9.84. The zero-order valence-corrected chi connectivity index (χ0v) is 25.5. The van der Waals surface area contributed by atoms with Crippen molar-refractivity contribution in [2.45, 2.75) is 135 Å². The molecule has 0 spiro atoms.